The van der Waals surface area contributed by atoms with Crippen LogP contribution >= 0.6 is 0 Å². The zero-order valence-corrected chi connectivity index (χ0v) is 8.31. The molecule has 0 atom stereocenters. The van der Waals surface area contributed by atoms with E-state index in [0.717, 1.165) is 13.1 Å². The normalized spacial score (nSPS) is 24.8. The van der Waals surface area contributed by atoms with Gasteiger partial charge in [0.05, 0.1) is 6.54 Å². The average molecular weight is 182 g/mol. The topological polar surface area (TPSA) is 32.3 Å². The Bertz CT molecular complexity index is 205. The molecule has 3 nitrogen and oxygen atoms in total. The Kier molecular flexibility index (Phi) is 2.28. The Morgan fingerprint density at radius 2 is 2.00 bits per heavy atom. The molecule has 1 amide bonds. The largest absolute Gasteiger partial charge is 0.342 e. The van der Waals surface area contributed by atoms with Gasteiger partial charge in [-0.05, 0) is 32.6 Å². The molecule has 2 rings (SSSR count). The molecule has 74 valence electrons. The number of likely N-dealkylation sites (tertiary alicyclic amines) is 1. The van der Waals surface area contributed by atoms with Crippen molar-refractivity contribution in [1.82, 2.24) is 10.2 Å². The Balaban J connectivity index is 1.71. The fourth-order valence-corrected chi connectivity index (χ4v) is 1.73. The molecule has 2 fully saturated rings. The van der Waals surface area contributed by atoms with Crippen molar-refractivity contribution >= 4 is 5.91 Å². The number of nitrogens with one attached hydrogen (secondary N) is 1. The van der Waals surface area contributed by atoms with E-state index in [1.165, 1.54) is 25.7 Å². The minimum Gasteiger partial charge on any atom is -0.342 e. The van der Waals surface area contributed by atoms with Gasteiger partial charge >= 0.3 is 0 Å². The van der Waals surface area contributed by atoms with Crippen LogP contribution in [0.5, 0.6) is 0 Å². The van der Waals surface area contributed by atoms with E-state index in [2.05, 4.69) is 12.2 Å². The number of carbonyl (C=O) groups excluding carboxylic acids is 1. The predicted octanol–water partition coefficient (Wildman–Crippen LogP) is 0.751. The van der Waals surface area contributed by atoms with Gasteiger partial charge in [-0.25, -0.2) is 0 Å². The SMILES string of the molecule is CC1(NCC(=O)N2CCCC2)CC1. The molecule has 0 spiro atoms. The highest BCUT2D eigenvalue weighted by Gasteiger charge is 2.37. The van der Waals surface area contributed by atoms with Gasteiger partial charge in [-0.2, -0.15) is 0 Å². The second-order valence-electron chi connectivity index (χ2n) is 4.50. The summed E-state index contributed by atoms with van der Waals surface area (Å²) < 4.78 is 0. The van der Waals surface area contributed by atoms with E-state index < -0.39 is 0 Å². The van der Waals surface area contributed by atoms with Crippen LogP contribution in [0.25, 0.3) is 0 Å². The van der Waals surface area contributed by atoms with Crippen molar-refractivity contribution in [3.8, 4) is 0 Å². The number of rotatable bonds is 3. The number of carbonyl (C=O) groups is 1. The lowest BCUT2D eigenvalue weighted by Crippen LogP contribution is -2.40. The number of hydrogen-bond donors (Lipinski definition) is 1. The van der Waals surface area contributed by atoms with E-state index in [9.17, 15) is 4.79 Å². The van der Waals surface area contributed by atoms with Crippen LogP contribution in [0.2, 0.25) is 0 Å². The molecular formula is C10H18N2O. The summed E-state index contributed by atoms with van der Waals surface area (Å²) in [7, 11) is 0. The summed E-state index contributed by atoms with van der Waals surface area (Å²) in [6.07, 6.45) is 4.81. The van der Waals surface area contributed by atoms with Crippen molar-refractivity contribution in [2.45, 2.75) is 38.1 Å². The van der Waals surface area contributed by atoms with Crippen molar-refractivity contribution in [3.63, 3.8) is 0 Å². The number of nitrogens with zero attached hydrogens (tertiary/aromatic N) is 1. The van der Waals surface area contributed by atoms with E-state index in [1.807, 2.05) is 4.90 Å². The maximum atomic E-state index is 11.6. The quantitative estimate of drug-likeness (QED) is 0.698. The minimum absolute atomic E-state index is 0.283. The van der Waals surface area contributed by atoms with Crippen LogP contribution in [0.4, 0.5) is 0 Å². The summed E-state index contributed by atoms with van der Waals surface area (Å²) in [4.78, 5) is 13.6. The standard InChI is InChI=1S/C10H18N2O/c1-10(4-5-10)11-8-9(13)12-6-2-3-7-12/h11H,2-8H2,1H3. The number of hydrogen-bond acceptors (Lipinski definition) is 2. The third kappa shape index (κ3) is 2.21. The lowest BCUT2D eigenvalue weighted by molar-refractivity contribution is -0.129. The molecule has 1 aliphatic heterocycles. The van der Waals surface area contributed by atoms with Gasteiger partial charge in [0.1, 0.15) is 0 Å². The first kappa shape index (κ1) is 9.00. The Labute approximate surface area is 79.5 Å². The van der Waals surface area contributed by atoms with Crippen LogP contribution in [0, 0.1) is 0 Å². The van der Waals surface area contributed by atoms with E-state index in [-0.39, 0.29) is 11.4 Å². The van der Waals surface area contributed by atoms with Gasteiger partial charge in [0.15, 0.2) is 0 Å². The van der Waals surface area contributed by atoms with Crippen molar-refractivity contribution in [2.24, 2.45) is 0 Å². The molecule has 0 aromatic carbocycles. The van der Waals surface area contributed by atoms with Crippen LogP contribution in [0.3, 0.4) is 0 Å². The van der Waals surface area contributed by atoms with Gasteiger partial charge in [-0.15, -0.1) is 0 Å². The first-order chi connectivity index (χ1) is 6.20. The van der Waals surface area contributed by atoms with Crippen LogP contribution in [0.1, 0.15) is 32.6 Å². The fraction of sp³-hybridized carbons (Fsp3) is 0.900. The lowest BCUT2D eigenvalue weighted by atomic mass is 10.3. The zero-order chi connectivity index (χ0) is 9.31. The molecule has 0 unspecified atom stereocenters. The molecular weight excluding hydrogens is 164 g/mol. The molecule has 0 radical (unpaired) electrons. The summed E-state index contributed by atoms with van der Waals surface area (Å²) in [5.41, 5.74) is 0.287. The van der Waals surface area contributed by atoms with Gasteiger partial charge in [-0.1, -0.05) is 0 Å². The van der Waals surface area contributed by atoms with E-state index >= 15 is 0 Å². The predicted molar refractivity (Wildman–Crippen MR) is 51.5 cm³/mol. The van der Waals surface area contributed by atoms with Gasteiger partial charge < -0.3 is 10.2 Å². The first-order valence-corrected chi connectivity index (χ1v) is 5.22. The lowest BCUT2D eigenvalue weighted by Gasteiger charge is -2.17. The van der Waals surface area contributed by atoms with Crippen molar-refractivity contribution in [1.29, 1.82) is 0 Å². The molecule has 1 aliphatic carbocycles. The van der Waals surface area contributed by atoms with Gasteiger partial charge in [0.25, 0.3) is 0 Å². The molecule has 1 saturated carbocycles. The second-order valence-corrected chi connectivity index (χ2v) is 4.50. The Morgan fingerprint density at radius 1 is 1.38 bits per heavy atom. The number of amides is 1. The van der Waals surface area contributed by atoms with Crippen LogP contribution in [0.15, 0.2) is 0 Å². The van der Waals surface area contributed by atoms with Crippen LogP contribution < -0.4 is 5.32 Å². The van der Waals surface area contributed by atoms with Crippen molar-refractivity contribution in [2.75, 3.05) is 19.6 Å². The molecule has 1 N–H and O–H groups in total. The van der Waals surface area contributed by atoms with Gasteiger partial charge in [0, 0.05) is 18.6 Å². The molecule has 3 heteroatoms. The molecule has 13 heavy (non-hydrogen) atoms. The highest BCUT2D eigenvalue weighted by Crippen LogP contribution is 2.33. The monoisotopic (exact) mass is 182 g/mol. The van der Waals surface area contributed by atoms with Crippen LogP contribution in [-0.2, 0) is 4.79 Å². The van der Waals surface area contributed by atoms with Crippen LogP contribution in [-0.4, -0.2) is 36.0 Å². The third-order valence-corrected chi connectivity index (χ3v) is 3.13. The second kappa shape index (κ2) is 3.29. The maximum Gasteiger partial charge on any atom is 0.236 e. The zero-order valence-electron chi connectivity index (χ0n) is 8.31. The summed E-state index contributed by atoms with van der Waals surface area (Å²) in [6, 6.07) is 0. The Morgan fingerprint density at radius 3 is 2.54 bits per heavy atom. The highest BCUT2D eigenvalue weighted by molar-refractivity contribution is 5.78. The molecule has 1 saturated heterocycles. The average Bonchev–Trinajstić information content (AvgIpc) is 2.69. The maximum absolute atomic E-state index is 11.6. The summed E-state index contributed by atoms with van der Waals surface area (Å²) in [6.45, 7) is 4.66. The summed E-state index contributed by atoms with van der Waals surface area (Å²) in [5, 5.41) is 3.32. The molecule has 0 aromatic rings. The molecule has 0 aromatic heterocycles. The Hall–Kier alpha value is -0.570. The molecule has 1 heterocycles. The third-order valence-electron chi connectivity index (χ3n) is 3.13. The molecule has 0 bridgehead atoms. The minimum atomic E-state index is 0.283. The van der Waals surface area contributed by atoms with Gasteiger partial charge in [0.2, 0.25) is 5.91 Å². The van der Waals surface area contributed by atoms with E-state index in [1.54, 1.807) is 0 Å². The van der Waals surface area contributed by atoms with E-state index in [4.69, 9.17) is 0 Å². The van der Waals surface area contributed by atoms with Crippen molar-refractivity contribution in [3.05, 3.63) is 0 Å². The van der Waals surface area contributed by atoms with Gasteiger partial charge in [-0.3, -0.25) is 4.79 Å². The summed E-state index contributed by atoms with van der Waals surface area (Å²) in [5.74, 6) is 0.283. The smallest absolute Gasteiger partial charge is 0.236 e. The molecule has 2 aliphatic rings. The first-order valence-electron chi connectivity index (χ1n) is 5.22. The fourth-order valence-electron chi connectivity index (χ4n) is 1.73. The van der Waals surface area contributed by atoms with Crippen molar-refractivity contribution < 1.29 is 4.79 Å². The summed E-state index contributed by atoms with van der Waals surface area (Å²) >= 11 is 0. The highest BCUT2D eigenvalue weighted by atomic mass is 16.2. The van der Waals surface area contributed by atoms with E-state index in [0.29, 0.717) is 6.54 Å².